The van der Waals surface area contributed by atoms with E-state index < -0.39 is 102 Å². The number of rotatable bonds is 17. The summed E-state index contributed by atoms with van der Waals surface area (Å²) in [5.41, 5.74) is 24.3. The van der Waals surface area contributed by atoms with Crippen LogP contribution < -0.4 is 10.6 Å². The van der Waals surface area contributed by atoms with Crippen molar-refractivity contribution >= 4 is 64.1 Å². The van der Waals surface area contributed by atoms with Crippen molar-refractivity contribution in [2.24, 2.45) is 17.8 Å². The Bertz CT molecular complexity index is 1650. The lowest BCUT2D eigenvalue weighted by molar-refractivity contribution is -0.153. The first kappa shape index (κ1) is 42.8. The maximum Gasteiger partial charge on any atom is 0.441 e. The molecule has 1 aromatic carbocycles. The van der Waals surface area contributed by atoms with E-state index in [9.17, 15) is 50.2 Å². The summed E-state index contributed by atoms with van der Waals surface area (Å²) in [6.07, 6.45) is 9.67. The third-order valence-corrected chi connectivity index (χ3v) is 10.4. The standard InChI is InChI=1S/C38H46N8O10/c39-44-28(31(47)24-13-5-1-6-14-24)34(50)54-21-38(43-37(53)42-27-19-11-4-12-20-27,22-55-35(51)29(45-40)32(48)25-15-7-2-8-16-25)23-56-36(52)30(46-41)33(49)26-17-9-3-10-18-26/h4,11-12,19-20,24-26H,1-3,5-10,13-18,21-23H2,(H2,42,43,53). The number of benzene rings is 1. The van der Waals surface area contributed by atoms with Crippen LogP contribution in [0.15, 0.2) is 30.3 Å². The number of nitrogens with one attached hydrogen (secondary N) is 2. The quantitative estimate of drug-likeness (QED) is 0.0579. The van der Waals surface area contributed by atoms with Crippen LogP contribution in [-0.4, -0.2) is 98.2 Å². The predicted molar refractivity (Wildman–Crippen MR) is 195 cm³/mol. The van der Waals surface area contributed by atoms with Gasteiger partial charge in [0.05, 0.1) is 0 Å². The van der Waals surface area contributed by atoms with Gasteiger partial charge in [-0.15, -0.1) is 0 Å². The molecule has 0 aliphatic heterocycles. The molecular weight excluding hydrogens is 728 g/mol. The van der Waals surface area contributed by atoms with Crippen molar-refractivity contribution in [2.45, 2.75) is 102 Å². The lowest BCUT2D eigenvalue weighted by Crippen LogP contribution is -2.61. The van der Waals surface area contributed by atoms with Gasteiger partial charge in [-0.3, -0.25) is 14.4 Å². The van der Waals surface area contributed by atoms with Gasteiger partial charge >= 0.3 is 41.1 Å². The Morgan fingerprint density at radius 3 is 1.16 bits per heavy atom. The zero-order chi connectivity index (χ0) is 40.5. The number of hydrogen-bond donors (Lipinski definition) is 2. The van der Waals surface area contributed by atoms with E-state index >= 15 is 0 Å². The van der Waals surface area contributed by atoms with Crippen molar-refractivity contribution in [1.82, 2.24) is 5.32 Å². The number of ketones is 3. The van der Waals surface area contributed by atoms with E-state index in [0.29, 0.717) is 38.5 Å². The second-order valence-electron chi connectivity index (χ2n) is 14.4. The largest absolute Gasteiger partial charge is 0.454 e. The van der Waals surface area contributed by atoms with E-state index in [1.807, 2.05) is 0 Å². The highest BCUT2D eigenvalue weighted by Gasteiger charge is 2.46. The predicted octanol–water partition coefficient (Wildman–Crippen LogP) is 3.64. The summed E-state index contributed by atoms with van der Waals surface area (Å²) in [5.74, 6) is -8.43. The molecule has 0 aromatic heterocycles. The average molecular weight is 775 g/mol. The number of carbonyl (C=O) groups is 7. The van der Waals surface area contributed by atoms with Crippen LogP contribution in [0, 0.1) is 17.8 Å². The van der Waals surface area contributed by atoms with Crippen molar-refractivity contribution in [3.63, 3.8) is 0 Å². The first-order valence-electron chi connectivity index (χ1n) is 19.0. The van der Waals surface area contributed by atoms with Gasteiger partial charge in [0, 0.05) is 23.4 Å². The van der Waals surface area contributed by atoms with Gasteiger partial charge in [0.15, 0.2) is 0 Å². The summed E-state index contributed by atoms with van der Waals surface area (Å²) in [6, 6.07) is 6.96. The van der Waals surface area contributed by atoms with Crippen LogP contribution in [0.5, 0.6) is 0 Å². The Balaban J connectivity index is 1.65. The SMILES string of the molecule is [N-]=[N+]=C(C(=O)OCC(COC(=O)C(=[N+]=[N-])C(=O)C1CCCCC1)(COC(=O)C(=[N+]=[N-])C(=O)C1CCCCC1)NC(=O)Nc1ccccc1)C(=O)C1CCCCC1. The molecule has 3 saturated carbocycles. The fourth-order valence-corrected chi connectivity index (χ4v) is 7.22. The van der Waals surface area contributed by atoms with Crippen LogP contribution in [0.2, 0.25) is 0 Å². The van der Waals surface area contributed by atoms with Gasteiger partial charge < -0.3 is 41.4 Å². The number of Topliss-reactive ketones (excluding diaryl/α,β-unsaturated/α-hetero) is 3. The van der Waals surface area contributed by atoms with Gasteiger partial charge in [0.1, 0.15) is 25.4 Å². The van der Waals surface area contributed by atoms with E-state index in [-0.39, 0.29) is 5.69 Å². The van der Waals surface area contributed by atoms with E-state index in [1.54, 1.807) is 18.2 Å². The molecule has 18 heteroatoms. The Morgan fingerprint density at radius 1 is 0.536 bits per heavy atom. The van der Waals surface area contributed by atoms with Crippen LogP contribution >= 0.6 is 0 Å². The molecule has 3 aliphatic carbocycles. The van der Waals surface area contributed by atoms with Crippen LogP contribution in [-0.2, 0) is 43.0 Å². The zero-order valence-corrected chi connectivity index (χ0v) is 31.1. The third kappa shape index (κ3) is 11.8. The Hall–Kier alpha value is -5.95. The number of para-hydroxylation sites is 1. The van der Waals surface area contributed by atoms with E-state index in [1.165, 1.54) is 12.1 Å². The highest BCUT2D eigenvalue weighted by Crippen LogP contribution is 2.27. The molecule has 0 bridgehead atoms. The number of amides is 2. The zero-order valence-electron chi connectivity index (χ0n) is 31.1. The third-order valence-electron chi connectivity index (χ3n) is 10.4. The normalized spacial score (nSPS) is 17.2. The molecule has 298 valence electrons. The van der Waals surface area contributed by atoms with Crippen LogP contribution in [0.25, 0.3) is 16.6 Å². The molecule has 0 spiro atoms. The molecule has 1 aromatic rings. The number of esters is 3. The Labute approximate surface area is 322 Å². The fraction of sp³-hybridized carbons (Fsp3) is 0.579. The maximum absolute atomic E-state index is 13.5. The number of carbonyl (C=O) groups excluding carboxylic acids is 7. The summed E-state index contributed by atoms with van der Waals surface area (Å²) >= 11 is 0. The molecule has 2 N–H and O–H groups in total. The topological polar surface area (TPSA) is 280 Å². The van der Waals surface area contributed by atoms with Crippen LogP contribution in [0.3, 0.4) is 0 Å². The van der Waals surface area contributed by atoms with E-state index in [0.717, 1.165) is 57.8 Å². The molecule has 4 rings (SSSR count). The Kier molecular flexibility index (Phi) is 16.2. The van der Waals surface area contributed by atoms with Gasteiger partial charge in [-0.1, -0.05) is 76.0 Å². The monoisotopic (exact) mass is 774 g/mol. The minimum absolute atomic E-state index is 0.276. The van der Waals surface area contributed by atoms with Crippen LogP contribution in [0.1, 0.15) is 96.3 Å². The van der Waals surface area contributed by atoms with Gasteiger partial charge in [-0.2, -0.15) is 14.4 Å². The van der Waals surface area contributed by atoms with Gasteiger partial charge in [-0.25, -0.2) is 19.2 Å². The number of ether oxygens (including phenoxy) is 3. The molecule has 3 aliphatic rings. The first-order chi connectivity index (χ1) is 27.0. The highest BCUT2D eigenvalue weighted by atomic mass is 16.6. The van der Waals surface area contributed by atoms with Crippen molar-refractivity contribution < 1.29 is 62.1 Å². The van der Waals surface area contributed by atoms with E-state index in [4.69, 9.17) is 14.2 Å². The highest BCUT2D eigenvalue weighted by molar-refractivity contribution is 6.63. The summed E-state index contributed by atoms with van der Waals surface area (Å²) in [7, 11) is 0. The average Bonchev–Trinajstić information content (AvgIpc) is 3.23. The number of nitrogens with zero attached hydrogens (tertiary/aromatic N) is 6. The molecule has 2 amide bonds. The Morgan fingerprint density at radius 2 is 0.857 bits per heavy atom. The minimum atomic E-state index is -2.28. The van der Waals surface area contributed by atoms with Gasteiger partial charge in [0.2, 0.25) is 0 Å². The molecule has 3 fully saturated rings. The number of hydrogen-bond acceptors (Lipinski definition) is 10. The second-order valence-corrected chi connectivity index (χ2v) is 14.4. The molecular formula is C38H46N8O10. The fourth-order valence-electron chi connectivity index (χ4n) is 7.22. The van der Waals surface area contributed by atoms with Crippen molar-refractivity contribution in [3.8, 4) is 0 Å². The maximum atomic E-state index is 13.5. The molecule has 0 heterocycles. The summed E-state index contributed by atoms with van der Waals surface area (Å²) in [5, 5.41) is 4.97. The molecule has 0 atom stereocenters. The lowest BCUT2D eigenvalue weighted by atomic mass is 9.84. The first-order valence-corrected chi connectivity index (χ1v) is 19.0. The second kappa shape index (κ2) is 21.2. The molecule has 56 heavy (non-hydrogen) atoms. The summed E-state index contributed by atoms with van der Waals surface area (Å²) in [4.78, 5) is 102. The summed E-state index contributed by atoms with van der Waals surface area (Å²) < 4.78 is 16.1. The van der Waals surface area contributed by atoms with Crippen LogP contribution in [0.4, 0.5) is 10.5 Å². The van der Waals surface area contributed by atoms with Crippen molar-refractivity contribution in [2.75, 3.05) is 25.1 Å². The lowest BCUT2D eigenvalue weighted by Gasteiger charge is -2.32. The van der Waals surface area contributed by atoms with Crippen molar-refractivity contribution in [3.05, 3.63) is 46.9 Å². The number of anilines is 1. The molecule has 0 radical (unpaired) electrons. The number of urea groups is 1. The summed E-state index contributed by atoms with van der Waals surface area (Å²) in [6.45, 7) is -3.10. The molecule has 0 saturated heterocycles. The molecule has 18 nitrogen and oxygen atoms in total. The molecule has 0 unspecified atom stereocenters. The smallest absolute Gasteiger partial charge is 0.441 e. The van der Waals surface area contributed by atoms with Gasteiger partial charge in [-0.05, 0) is 50.7 Å². The minimum Gasteiger partial charge on any atom is -0.454 e. The van der Waals surface area contributed by atoms with Gasteiger partial charge in [0.25, 0.3) is 17.3 Å². The van der Waals surface area contributed by atoms with Crippen molar-refractivity contribution in [1.29, 1.82) is 0 Å². The van der Waals surface area contributed by atoms with E-state index in [2.05, 4.69) is 25.0 Å².